The molecule has 1 aliphatic rings. The molecule has 1 aliphatic heterocycles. The minimum Gasteiger partial charge on any atom is -0.465 e. The van der Waals surface area contributed by atoms with Crippen molar-refractivity contribution in [3.05, 3.63) is 70.2 Å². The normalized spacial score (nSPS) is 14.5. The highest BCUT2D eigenvalue weighted by molar-refractivity contribution is 6.30. The number of nitrogens with zero attached hydrogens (tertiary/aromatic N) is 1. The van der Waals surface area contributed by atoms with Gasteiger partial charge < -0.3 is 10.4 Å². The van der Waals surface area contributed by atoms with Crippen LogP contribution in [0.2, 0.25) is 5.02 Å². The van der Waals surface area contributed by atoms with Gasteiger partial charge in [-0.2, -0.15) is 0 Å². The van der Waals surface area contributed by atoms with Gasteiger partial charge in [0.2, 0.25) is 0 Å². The highest BCUT2D eigenvalue weighted by Gasteiger charge is 2.40. The molecule has 122 valence electrons. The average molecular weight is 345 g/mol. The second-order valence-electron chi connectivity index (χ2n) is 5.28. The molecule has 0 fully saturated rings. The molecule has 0 radical (unpaired) electrons. The number of hydrogen-bond donors (Lipinski definition) is 2. The Bertz CT molecular complexity index is 802. The van der Waals surface area contributed by atoms with Crippen LogP contribution in [0.5, 0.6) is 0 Å². The first-order chi connectivity index (χ1) is 11.5. The summed E-state index contributed by atoms with van der Waals surface area (Å²) in [5.74, 6) is -0.902. The van der Waals surface area contributed by atoms with E-state index in [0.717, 1.165) is 4.90 Å². The van der Waals surface area contributed by atoms with Crippen LogP contribution in [0.1, 0.15) is 32.3 Å². The molecule has 1 atom stereocenters. The first-order valence-electron chi connectivity index (χ1n) is 7.18. The number of rotatable bonds is 4. The summed E-state index contributed by atoms with van der Waals surface area (Å²) in [6, 6.07) is 12.4. The molecule has 0 saturated heterocycles. The van der Waals surface area contributed by atoms with E-state index < -0.39 is 23.9 Å². The number of carbonyl (C=O) groups is 3. The lowest BCUT2D eigenvalue weighted by molar-refractivity contribution is 0.0579. The number of benzene rings is 2. The molecule has 0 saturated carbocycles. The van der Waals surface area contributed by atoms with Crippen LogP contribution in [0.3, 0.4) is 0 Å². The molecule has 0 aliphatic carbocycles. The fourth-order valence-corrected chi connectivity index (χ4v) is 2.95. The molecule has 1 heterocycles. The van der Waals surface area contributed by atoms with E-state index in [9.17, 15) is 14.4 Å². The lowest BCUT2D eigenvalue weighted by Gasteiger charge is -2.26. The fourth-order valence-electron chi connectivity index (χ4n) is 2.75. The highest BCUT2D eigenvalue weighted by Crippen LogP contribution is 2.32. The number of halogens is 1. The zero-order valence-electron chi connectivity index (χ0n) is 12.4. The second-order valence-corrected chi connectivity index (χ2v) is 5.72. The Morgan fingerprint density at radius 3 is 2.25 bits per heavy atom. The number of carbonyl (C=O) groups excluding carboxylic acids is 2. The van der Waals surface area contributed by atoms with E-state index in [1.54, 1.807) is 48.5 Å². The van der Waals surface area contributed by atoms with Crippen molar-refractivity contribution in [1.82, 2.24) is 10.2 Å². The van der Waals surface area contributed by atoms with Crippen LogP contribution in [0.25, 0.3) is 0 Å². The largest absolute Gasteiger partial charge is 0.465 e. The van der Waals surface area contributed by atoms with Crippen molar-refractivity contribution in [1.29, 1.82) is 0 Å². The van der Waals surface area contributed by atoms with E-state index in [1.165, 1.54) is 0 Å². The Morgan fingerprint density at radius 2 is 1.71 bits per heavy atom. The van der Waals surface area contributed by atoms with Crippen molar-refractivity contribution < 1.29 is 19.5 Å². The number of hydrogen-bond acceptors (Lipinski definition) is 3. The van der Waals surface area contributed by atoms with E-state index in [0.29, 0.717) is 21.7 Å². The summed E-state index contributed by atoms with van der Waals surface area (Å²) < 4.78 is 0. The van der Waals surface area contributed by atoms with Gasteiger partial charge in [-0.1, -0.05) is 35.9 Å². The molecule has 24 heavy (non-hydrogen) atoms. The molecule has 0 unspecified atom stereocenters. The zero-order chi connectivity index (χ0) is 17.3. The Balaban J connectivity index is 2.02. The van der Waals surface area contributed by atoms with Crippen molar-refractivity contribution in [2.45, 2.75) is 6.04 Å². The first kappa shape index (κ1) is 16.0. The molecule has 2 aromatic carbocycles. The minimum absolute atomic E-state index is 0.124. The van der Waals surface area contributed by atoms with Crippen molar-refractivity contribution in [3.63, 3.8) is 0 Å². The Morgan fingerprint density at radius 1 is 1.08 bits per heavy atom. The molecule has 2 aromatic rings. The maximum atomic E-state index is 12.6. The maximum absolute atomic E-state index is 12.6. The van der Waals surface area contributed by atoms with E-state index in [1.807, 2.05) is 0 Å². The summed E-state index contributed by atoms with van der Waals surface area (Å²) in [6.07, 6.45) is -1.24. The fraction of sp³-hybridized carbons (Fsp3) is 0.118. The molecular formula is C17H13ClN2O4. The number of imide groups is 1. The molecule has 0 aromatic heterocycles. The molecule has 3 amide bonds. The lowest BCUT2D eigenvalue weighted by atomic mass is 10.1. The summed E-state index contributed by atoms with van der Waals surface area (Å²) in [5.41, 5.74) is 1.19. The Labute approximate surface area is 142 Å². The van der Waals surface area contributed by atoms with Gasteiger partial charge in [0.15, 0.2) is 0 Å². The van der Waals surface area contributed by atoms with Crippen LogP contribution in [-0.4, -0.2) is 34.5 Å². The van der Waals surface area contributed by atoms with E-state index in [2.05, 4.69) is 5.32 Å². The lowest BCUT2D eigenvalue weighted by Crippen LogP contribution is -2.40. The van der Waals surface area contributed by atoms with Crippen molar-refractivity contribution >= 4 is 29.5 Å². The van der Waals surface area contributed by atoms with Gasteiger partial charge in [0.25, 0.3) is 11.8 Å². The van der Waals surface area contributed by atoms with Crippen molar-refractivity contribution in [2.75, 3.05) is 6.54 Å². The van der Waals surface area contributed by atoms with Gasteiger partial charge >= 0.3 is 6.09 Å². The monoisotopic (exact) mass is 344 g/mol. The van der Waals surface area contributed by atoms with Crippen LogP contribution in [0.4, 0.5) is 4.79 Å². The number of amides is 3. The molecule has 7 heteroatoms. The summed E-state index contributed by atoms with van der Waals surface area (Å²) in [4.78, 5) is 37.2. The van der Waals surface area contributed by atoms with E-state index in [4.69, 9.17) is 16.7 Å². The number of fused-ring (bicyclic) bond motifs is 1. The van der Waals surface area contributed by atoms with Crippen LogP contribution in [0, 0.1) is 0 Å². The second kappa shape index (κ2) is 6.33. The van der Waals surface area contributed by atoms with Gasteiger partial charge in [0.05, 0.1) is 17.2 Å². The predicted octanol–water partition coefficient (Wildman–Crippen LogP) is 2.94. The zero-order valence-corrected chi connectivity index (χ0v) is 13.2. The molecule has 6 nitrogen and oxygen atoms in total. The molecule has 3 rings (SSSR count). The Kier molecular flexibility index (Phi) is 4.22. The van der Waals surface area contributed by atoms with Gasteiger partial charge in [0.1, 0.15) is 0 Å². The van der Waals surface area contributed by atoms with Gasteiger partial charge in [-0.05, 0) is 29.8 Å². The van der Waals surface area contributed by atoms with Gasteiger partial charge in [0, 0.05) is 11.6 Å². The van der Waals surface area contributed by atoms with Gasteiger partial charge in [-0.15, -0.1) is 0 Å². The SMILES string of the molecule is O=C(O)NC[C@H](c1cccc(Cl)c1)N1C(=O)c2ccccc2C1=O. The van der Waals surface area contributed by atoms with Crippen LogP contribution < -0.4 is 5.32 Å². The summed E-state index contributed by atoms with van der Waals surface area (Å²) in [7, 11) is 0. The topological polar surface area (TPSA) is 86.7 Å². The standard InChI is InChI=1S/C17H13ClN2O4/c18-11-5-3-4-10(8-11)14(9-19-17(23)24)20-15(21)12-6-1-2-7-13(12)16(20)22/h1-8,14,19H,9H2,(H,23,24)/t14-/m1/s1. The maximum Gasteiger partial charge on any atom is 0.404 e. The predicted molar refractivity (Wildman–Crippen MR) is 87.2 cm³/mol. The third kappa shape index (κ3) is 2.83. The number of carboxylic acid groups (broad SMARTS) is 1. The van der Waals surface area contributed by atoms with Gasteiger partial charge in [-0.3, -0.25) is 14.5 Å². The summed E-state index contributed by atoms with van der Waals surface area (Å²) >= 11 is 6.00. The van der Waals surface area contributed by atoms with Crippen molar-refractivity contribution in [3.8, 4) is 0 Å². The number of nitrogens with one attached hydrogen (secondary N) is 1. The first-order valence-corrected chi connectivity index (χ1v) is 7.56. The summed E-state index contributed by atoms with van der Waals surface area (Å²) in [6.45, 7) is -0.124. The van der Waals surface area contributed by atoms with Crippen molar-refractivity contribution in [2.24, 2.45) is 0 Å². The minimum atomic E-state index is -1.24. The van der Waals surface area contributed by atoms with Crippen LogP contribution >= 0.6 is 11.6 Å². The summed E-state index contributed by atoms with van der Waals surface area (Å²) in [5, 5.41) is 11.6. The molecule has 2 N–H and O–H groups in total. The molecular weight excluding hydrogens is 332 g/mol. The average Bonchev–Trinajstić information content (AvgIpc) is 2.81. The van der Waals surface area contributed by atoms with E-state index in [-0.39, 0.29) is 6.54 Å². The van der Waals surface area contributed by atoms with Gasteiger partial charge in [-0.25, -0.2) is 4.79 Å². The quantitative estimate of drug-likeness (QED) is 0.835. The highest BCUT2D eigenvalue weighted by atomic mass is 35.5. The Hall–Kier alpha value is -2.86. The van der Waals surface area contributed by atoms with E-state index >= 15 is 0 Å². The molecule has 0 bridgehead atoms. The third-order valence-corrected chi connectivity index (χ3v) is 4.05. The molecule has 0 spiro atoms. The van der Waals surface area contributed by atoms with Crippen LogP contribution in [0.15, 0.2) is 48.5 Å². The third-order valence-electron chi connectivity index (χ3n) is 3.82. The van der Waals surface area contributed by atoms with Crippen LogP contribution in [-0.2, 0) is 0 Å². The smallest absolute Gasteiger partial charge is 0.404 e.